The minimum Gasteiger partial charge on any atom is -0.483 e. The fourth-order valence-electron chi connectivity index (χ4n) is 3.77. The van der Waals surface area contributed by atoms with Crippen molar-refractivity contribution in [3.8, 4) is 0 Å². The van der Waals surface area contributed by atoms with Gasteiger partial charge < -0.3 is 24.7 Å². The van der Waals surface area contributed by atoms with Gasteiger partial charge >= 0.3 is 0 Å². The number of likely N-dealkylation sites (tertiary alicyclic amines) is 1. The van der Waals surface area contributed by atoms with Gasteiger partial charge in [0.15, 0.2) is 0 Å². The molecular formula is C19H37N3O6. The van der Waals surface area contributed by atoms with Crippen LogP contribution in [0.4, 0.5) is 0 Å². The molecule has 9 nitrogen and oxygen atoms in total. The zero-order chi connectivity index (χ0) is 21.9. The van der Waals surface area contributed by atoms with Crippen LogP contribution < -0.4 is 0 Å². The van der Waals surface area contributed by atoms with E-state index in [0.717, 1.165) is 13.1 Å². The number of ether oxygens (including phenoxy) is 1. The summed E-state index contributed by atoms with van der Waals surface area (Å²) >= 11 is 0. The van der Waals surface area contributed by atoms with Gasteiger partial charge in [-0.05, 0) is 60.7 Å². The van der Waals surface area contributed by atoms with Crippen molar-refractivity contribution >= 4 is 18.9 Å². The summed E-state index contributed by atoms with van der Waals surface area (Å²) in [5, 5.41) is 13.8. The van der Waals surface area contributed by atoms with E-state index in [-0.39, 0.29) is 36.6 Å². The monoisotopic (exact) mass is 403 g/mol. The van der Waals surface area contributed by atoms with Crippen LogP contribution in [0.1, 0.15) is 34.1 Å². The molecule has 164 valence electrons. The number of rotatable bonds is 4. The summed E-state index contributed by atoms with van der Waals surface area (Å²) in [6.07, 6.45) is 1.49. The Hall–Kier alpha value is -1.71. The highest BCUT2D eigenvalue weighted by atomic mass is 16.5. The van der Waals surface area contributed by atoms with E-state index in [9.17, 15) is 4.79 Å². The first-order valence-corrected chi connectivity index (χ1v) is 9.52. The Morgan fingerprint density at radius 3 is 2.04 bits per heavy atom. The summed E-state index contributed by atoms with van der Waals surface area (Å²) < 4.78 is 5.71. The Morgan fingerprint density at radius 2 is 1.64 bits per heavy atom. The van der Waals surface area contributed by atoms with Gasteiger partial charge in [0.05, 0.1) is 18.8 Å². The number of hydrogen-bond acceptors (Lipinski definition) is 6. The zero-order valence-corrected chi connectivity index (χ0v) is 18.0. The third-order valence-electron chi connectivity index (χ3n) is 5.51. The van der Waals surface area contributed by atoms with Gasteiger partial charge in [0.1, 0.15) is 0 Å². The zero-order valence-electron chi connectivity index (χ0n) is 18.0. The first-order chi connectivity index (χ1) is 13.0. The second kappa shape index (κ2) is 12.7. The molecule has 2 heterocycles. The fraction of sp³-hybridized carbons (Fsp3) is 0.842. The quantitative estimate of drug-likeness (QED) is 0.660. The van der Waals surface area contributed by atoms with E-state index in [2.05, 4.69) is 37.7 Å². The molecule has 0 aliphatic carbocycles. The molecule has 2 fully saturated rings. The smallest absolute Gasteiger partial charge is 0.290 e. The second-order valence-corrected chi connectivity index (χ2v) is 8.02. The van der Waals surface area contributed by atoms with Crippen molar-refractivity contribution in [2.45, 2.75) is 51.9 Å². The van der Waals surface area contributed by atoms with Crippen LogP contribution in [0, 0.1) is 5.92 Å². The number of carbonyl (C=O) groups excluding carboxylic acids is 1. The van der Waals surface area contributed by atoms with E-state index in [1.54, 1.807) is 0 Å². The van der Waals surface area contributed by atoms with Crippen molar-refractivity contribution in [2.75, 3.05) is 46.8 Å². The maximum atomic E-state index is 12.5. The average Bonchev–Trinajstić information content (AvgIpc) is 2.82. The number of nitrogens with zero attached hydrogens (tertiary/aromatic N) is 3. The molecule has 3 atom stereocenters. The van der Waals surface area contributed by atoms with E-state index in [4.69, 9.17) is 24.5 Å². The number of carboxylic acid groups (broad SMARTS) is 2. The van der Waals surface area contributed by atoms with Crippen LogP contribution in [0.25, 0.3) is 0 Å². The topological polar surface area (TPSA) is 111 Å². The van der Waals surface area contributed by atoms with Crippen LogP contribution in [0.3, 0.4) is 0 Å². The van der Waals surface area contributed by atoms with Gasteiger partial charge in [-0.1, -0.05) is 0 Å². The van der Waals surface area contributed by atoms with Crippen LogP contribution in [-0.4, -0.2) is 108 Å². The lowest BCUT2D eigenvalue weighted by molar-refractivity contribution is -0.144. The first kappa shape index (κ1) is 26.3. The maximum absolute atomic E-state index is 12.5. The Balaban J connectivity index is 0.00000108. The molecule has 9 heteroatoms. The lowest BCUT2D eigenvalue weighted by Crippen LogP contribution is -2.51. The van der Waals surface area contributed by atoms with Crippen molar-refractivity contribution in [3.63, 3.8) is 0 Å². The van der Waals surface area contributed by atoms with Crippen molar-refractivity contribution < 1.29 is 29.3 Å². The van der Waals surface area contributed by atoms with Crippen LogP contribution in [-0.2, 0) is 19.1 Å². The Bertz CT molecular complexity index is 472. The Morgan fingerprint density at radius 1 is 1.18 bits per heavy atom. The summed E-state index contributed by atoms with van der Waals surface area (Å²) in [5.74, 6) is 0.853. The largest absolute Gasteiger partial charge is 0.483 e. The van der Waals surface area contributed by atoms with Crippen molar-refractivity contribution in [1.82, 2.24) is 14.7 Å². The van der Waals surface area contributed by atoms with Crippen molar-refractivity contribution in [3.05, 3.63) is 0 Å². The predicted octanol–water partition coefficient (Wildman–Crippen LogP) is 0.686. The molecule has 2 rings (SSSR count). The molecule has 0 aromatic carbocycles. The predicted molar refractivity (Wildman–Crippen MR) is 106 cm³/mol. The molecule has 0 aromatic rings. The van der Waals surface area contributed by atoms with Crippen LogP contribution in [0.2, 0.25) is 0 Å². The Labute approximate surface area is 168 Å². The van der Waals surface area contributed by atoms with Crippen LogP contribution in [0.15, 0.2) is 0 Å². The molecule has 0 saturated carbocycles. The maximum Gasteiger partial charge on any atom is 0.290 e. The molecule has 2 N–H and O–H groups in total. The molecule has 2 aliphatic heterocycles. The Kier molecular flexibility index (Phi) is 11.9. The second-order valence-electron chi connectivity index (χ2n) is 8.02. The first-order valence-electron chi connectivity index (χ1n) is 9.52. The molecule has 0 aromatic heterocycles. The SMILES string of the molecule is C[C@@H]1CN(C(=O)CN(C)CC2CCN(C)C2(C)C)C[C@H](C)O1.O=CO.O=CO. The number of hydrogen-bond donors (Lipinski definition) is 2. The van der Waals surface area contributed by atoms with Gasteiger partial charge in [-0.3, -0.25) is 19.3 Å². The minimum absolute atomic E-state index is 0.139. The normalized spacial score (nSPS) is 26.5. The van der Waals surface area contributed by atoms with Crippen molar-refractivity contribution in [2.24, 2.45) is 5.92 Å². The molecule has 0 bridgehead atoms. The van der Waals surface area contributed by atoms with Crippen LogP contribution in [0.5, 0.6) is 0 Å². The van der Waals surface area contributed by atoms with Crippen molar-refractivity contribution in [1.29, 1.82) is 0 Å². The highest BCUT2D eigenvalue weighted by Crippen LogP contribution is 2.33. The molecular weight excluding hydrogens is 366 g/mol. The number of carbonyl (C=O) groups is 3. The lowest BCUT2D eigenvalue weighted by atomic mass is 9.88. The van der Waals surface area contributed by atoms with Gasteiger partial charge in [-0.2, -0.15) is 0 Å². The van der Waals surface area contributed by atoms with Gasteiger partial charge in [0, 0.05) is 25.2 Å². The van der Waals surface area contributed by atoms with E-state index in [0.29, 0.717) is 25.6 Å². The highest BCUT2D eigenvalue weighted by molar-refractivity contribution is 5.78. The van der Waals surface area contributed by atoms with Gasteiger partial charge in [-0.15, -0.1) is 0 Å². The number of amides is 1. The van der Waals surface area contributed by atoms with E-state index in [1.807, 2.05) is 18.7 Å². The van der Waals surface area contributed by atoms with E-state index >= 15 is 0 Å². The standard InChI is InChI=1S/C17H33N3O2.2CH2O2/c1-13-9-20(10-14(2)22-13)16(21)12-18(5)11-15-7-8-19(6)17(15,3)4;2*2-1-3/h13-15H,7-12H2,1-6H3;2*1H,(H,2,3)/t13-,14+,15?;;. The van der Waals surface area contributed by atoms with Gasteiger partial charge in [0.25, 0.3) is 12.9 Å². The summed E-state index contributed by atoms with van der Waals surface area (Å²) in [4.78, 5) is 35.8. The third-order valence-corrected chi connectivity index (χ3v) is 5.51. The lowest BCUT2D eigenvalue weighted by Gasteiger charge is -2.37. The summed E-state index contributed by atoms with van der Waals surface area (Å²) in [6.45, 7) is 12.3. The fourth-order valence-corrected chi connectivity index (χ4v) is 3.77. The average molecular weight is 404 g/mol. The molecule has 2 aliphatic rings. The molecule has 1 unspecified atom stereocenters. The van der Waals surface area contributed by atoms with E-state index < -0.39 is 0 Å². The van der Waals surface area contributed by atoms with Gasteiger partial charge in [0.2, 0.25) is 5.91 Å². The molecule has 2 saturated heterocycles. The molecule has 0 spiro atoms. The molecule has 1 amide bonds. The summed E-state index contributed by atoms with van der Waals surface area (Å²) in [7, 11) is 4.27. The van der Waals surface area contributed by atoms with E-state index in [1.165, 1.54) is 6.42 Å². The summed E-state index contributed by atoms with van der Waals surface area (Å²) in [5.41, 5.74) is 0.222. The van der Waals surface area contributed by atoms with Gasteiger partial charge in [-0.25, -0.2) is 0 Å². The highest BCUT2D eigenvalue weighted by Gasteiger charge is 2.39. The summed E-state index contributed by atoms with van der Waals surface area (Å²) in [6, 6.07) is 0. The van der Waals surface area contributed by atoms with Crippen LogP contribution >= 0.6 is 0 Å². The third kappa shape index (κ3) is 8.53. The molecule has 28 heavy (non-hydrogen) atoms. The number of likely N-dealkylation sites (N-methyl/N-ethyl adjacent to an activating group) is 1. The molecule has 0 radical (unpaired) electrons. The minimum atomic E-state index is -0.250. The number of morpholine rings is 1.